The van der Waals surface area contributed by atoms with Gasteiger partial charge in [-0.3, -0.25) is 4.18 Å². The van der Waals surface area contributed by atoms with Crippen LogP contribution in [0.2, 0.25) is 0 Å². The minimum absolute atomic E-state index is 0.0483. The Morgan fingerprint density at radius 3 is 1.95 bits per heavy atom. The SMILES string of the molecule is CC(C)(C)CCOS(=O)(=O)c1ccc(-c2ccccc2)cc1. The first kappa shape index (κ1) is 16.7. The fourth-order valence-corrected chi connectivity index (χ4v) is 2.88. The Hall–Kier alpha value is -1.65. The van der Waals surface area contributed by atoms with Gasteiger partial charge in [-0.15, -0.1) is 0 Å². The molecule has 0 heterocycles. The van der Waals surface area contributed by atoms with Gasteiger partial charge in [-0.05, 0) is 35.1 Å². The second-order valence-corrected chi connectivity index (χ2v) is 8.09. The molecule has 2 aromatic carbocycles. The topological polar surface area (TPSA) is 43.4 Å². The lowest BCUT2D eigenvalue weighted by Crippen LogP contribution is -2.13. The normalized spacial score (nSPS) is 12.3. The van der Waals surface area contributed by atoms with Crippen LogP contribution in [0.3, 0.4) is 0 Å². The second-order valence-electron chi connectivity index (χ2n) is 6.48. The predicted molar refractivity (Wildman–Crippen MR) is 89.1 cm³/mol. The van der Waals surface area contributed by atoms with Crippen molar-refractivity contribution in [3.05, 3.63) is 54.6 Å². The summed E-state index contributed by atoms with van der Waals surface area (Å²) in [7, 11) is -3.68. The molecule has 0 aliphatic carbocycles. The first-order chi connectivity index (χ1) is 10.3. The highest BCUT2D eigenvalue weighted by Gasteiger charge is 2.17. The molecule has 0 saturated carbocycles. The summed E-state index contributed by atoms with van der Waals surface area (Å²) in [5, 5.41) is 0. The molecular weight excluding hydrogens is 296 g/mol. The summed E-state index contributed by atoms with van der Waals surface area (Å²) in [6, 6.07) is 16.6. The summed E-state index contributed by atoms with van der Waals surface area (Å²) in [4.78, 5) is 0.195. The molecular formula is C18H22O3S. The highest BCUT2D eigenvalue weighted by atomic mass is 32.2. The summed E-state index contributed by atoms with van der Waals surface area (Å²) >= 11 is 0. The number of hydrogen-bond acceptors (Lipinski definition) is 3. The average Bonchev–Trinajstić information content (AvgIpc) is 2.47. The summed E-state index contributed by atoms with van der Waals surface area (Å²) < 4.78 is 29.4. The monoisotopic (exact) mass is 318 g/mol. The van der Waals surface area contributed by atoms with Gasteiger partial charge in [0.25, 0.3) is 10.1 Å². The third-order valence-corrected chi connectivity index (χ3v) is 4.67. The Kier molecular flexibility index (Phi) is 5.04. The van der Waals surface area contributed by atoms with E-state index in [-0.39, 0.29) is 16.9 Å². The molecule has 4 heteroatoms. The van der Waals surface area contributed by atoms with E-state index in [1.165, 1.54) is 0 Å². The van der Waals surface area contributed by atoms with E-state index >= 15 is 0 Å². The maximum absolute atomic E-state index is 12.1. The van der Waals surface area contributed by atoms with Crippen LogP contribution in [0.15, 0.2) is 59.5 Å². The van der Waals surface area contributed by atoms with E-state index in [1.807, 2.05) is 30.3 Å². The fraction of sp³-hybridized carbons (Fsp3) is 0.333. The van der Waals surface area contributed by atoms with Crippen LogP contribution in [0, 0.1) is 5.41 Å². The van der Waals surface area contributed by atoms with Crippen molar-refractivity contribution in [2.24, 2.45) is 5.41 Å². The van der Waals surface area contributed by atoms with Gasteiger partial charge in [0.15, 0.2) is 0 Å². The van der Waals surface area contributed by atoms with E-state index in [0.717, 1.165) is 11.1 Å². The van der Waals surface area contributed by atoms with E-state index in [4.69, 9.17) is 4.18 Å². The van der Waals surface area contributed by atoms with Gasteiger partial charge in [-0.25, -0.2) is 0 Å². The minimum Gasteiger partial charge on any atom is -0.266 e. The van der Waals surface area contributed by atoms with Crippen molar-refractivity contribution in [3.8, 4) is 11.1 Å². The predicted octanol–water partition coefficient (Wildman–Crippen LogP) is 4.50. The van der Waals surface area contributed by atoms with Crippen molar-refractivity contribution in [1.29, 1.82) is 0 Å². The molecule has 0 N–H and O–H groups in total. The van der Waals surface area contributed by atoms with Crippen LogP contribution in [-0.4, -0.2) is 15.0 Å². The standard InChI is InChI=1S/C18H22O3S/c1-18(2,3)13-14-21-22(19,20)17-11-9-16(10-12-17)15-7-5-4-6-8-15/h4-12H,13-14H2,1-3H3. The van der Waals surface area contributed by atoms with Gasteiger partial charge in [-0.2, -0.15) is 8.42 Å². The summed E-state index contributed by atoms with van der Waals surface area (Å²) in [6.07, 6.45) is 0.689. The zero-order valence-corrected chi connectivity index (χ0v) is 14.1. The van der Waals surface area contributed by atoms with Crippen molar-refractivity contribution in [1.82, 2.24) is 0 Å². The first-order valence-corrected chi connectivity index (χ1v) is 8.74. The summed E-state index contributed by atoms with van der Waals surface area (Å²) in [5.74, 6) is 0. The Morgan fingerprint density at radius 2 is 1.41 bits per heavy atom. The Balaban J connectivity index is 2.09. The maximum Gasteiger partial charge on any atom is 0.296 e. The third kappa shape index (κ3) is 4.68. The zero-order chi connectivity index (χ0) is 16.2. The van der Waals surface area contributed by atoms with Crippen LogP contribution in [0.5, 0.6) is 0 Å². The van der Waals surface area contributed by atoms with E-state index < -0.39 is 10.1 Å². The van der Waals surface area contributed by atoms with Crippen LogP contribution < -0.4 is 0 Å². The Bertz CT molecular complexity index is 696. The van der Waals surface area contributed by atoms with Gasteiger partial charge >= 0.3 is 0 Å². The van der Waals surface area contributed by atoms with Crippen LogP contribution in [0.25, 0.3) is 11.1 Å². The van der Waals surface area contributed by atoms with E-state index in [0.29, 0.717) is 6.42 Å². The summed E-state index contributed by atoms with van der Waals surface area (Å²) in [5.41, 5.74) is 2.08. The van der Waals surface area contributed by atoms with Gasteiger partial charge in [0.05, 0.1) is 11.5 Å². The summed E-state index contributed by atoms with van der Waals surface area (Å²) in [6.45, 7) is 6.36. The van der Waals surface area contributed by atoms with Crippen molar-refractivity contribution < 1.29 is 12.6 Å². The maximum atomic E-state index is 12.1. The first-order valence-electron chi connectivity index (χ1n) is 7.33. The number of rotatable bonds is 5. The van der Waals surface area contributed by atoms with Crippen molar-refractivity contribution >= 4 is 10.1 Å². The van der Waals surface area contributed by atoms with Gasteiger partial charge in [-0.1, -0.05) is 63.2 Å². The average molecular weight is 318 g/mol. The second kappa shape index (κ2) is 6.63. The van der Waals surface area contributed by atoms with E-state index in [9.17, 15) is 8.42 Å². The Morgan fingerprint density at radius 1 is 0.864 bits per heavy atom. The van der Waals surface area contributed by atoms with Crippen LogP contribution in [0.1, 0.15) is 27.2 Å². The lowest BCUT2D eigenvalue weighted by molar-refractivity contribution is 0.247. The quantitative estimate of drug-likeness (QED) is 0.763. The molecule has 0 bridgehead atoms. The molecule has 0 unspecified atom stereocenters. The molecule has 0 amide bonds. The molecule has 0 saturated heterocycles. The molecule has 2 aromatic rings. The molecule has 0 spiro atoms. The molecule has 0 aliphatic heterocycles. The lowest BCUT2D eigenvalue weighted by atomic mass is 9.93. The van der Waals surface area contributed by atoms with Crippen LogP contribution in [0.4, 0.5) is 0 Å². The molecule has 2 rings (SSSR count). The van der Waals surface area contributed by atoms with Crippen molar-refractivity contribution in [2.75, 3.05) is 6.61 Å². The fourth-order valence-electron chi connectivity index (χ4n) is 1.97. The van der Waals surface area contributed by atoms with E-state index in [2.05, 4.69) is 20.8 Å². The molecule has 3 nitrogen and oxygen atoms in total. The lowest BCUT2D eigenvalue weighted by Gasteiger charge is -2.17. The molecule has 22 heavy (non-hydrogen) atoms. The molecule has 0 fully saturated rings. The Labute approximate surface area is 133 Å². The molecule has 0 atom stereocenters. The molecule has 118 valence electrons. The van der Waals surface area contributed by atoms with Crippen molar-refractivity contribution in [2.45, 2.75) is 32.1 Å². The van der Waals surface area contributed by atoms with Crippen LogP contribution in [-0.2, 0) is 14.3 Å². The van der Waals surface area contributed by atoms with Gasteiger partial charge in [0, 0.05) is 0 Å². The largest absolute Gasteiger partial charge is 0.296 e. The molecule has 0 radical (unpaired) electrons. The van der Waals surface area contributed by atoms with Crippen LogP contribution >= 0.6 is 0 Å². The number of hydrogen-bond donors (Lipinski definition) is 0. The zero-order valence-electron chi connectivity index (χ0n) is 13.2. The highest BCUT2D eigenvalue weighted by Crippen LogP contribution is 2.23. The van der Waals surface area contributed by atoms with Gasteiger partial charge in [0.1, 0.15) is 0 Å². The smallest absolute Gasteiger partial charge is 0.266 e. The number of benzene rings is 2. The molecule has 0 aliphatic rings. The van der Waals surface area contributed by atoms with Crippen molar-refractivity contribution in [3.63, 3.8) is 0 Å². The molecule has 0 aromatic heterocycles. The third-order valence-electron chi connectivity index (χ3n) is 3.34. The minimum atomic E-state index is -3.68. The van der Waals surface area contributed by atoms with E-state index in [1.54, 1.807) is 24.3 Å². The van der Waals surface area contributed by atoms with Gasteiger partial charge < -0.3 is 0 Å². The highest BCUT2D eigenvalue weighted by molar-refractivity contribution is 7.86. The van der Waals surface area contributed by atoms with Gasteiger partial charge in [0.2, 0.25) is 0 Å².